The molecule has 0 radical (unpaired) electrons. The van der Waals surface area contributed by atoms with Crippen molar-refractivity contribution in [2.45, 2.75) is 19.4 Å². The number of benzene rings is 1. The van der Waals surface area contributed by atoms with Gasteiger partial charge in [-0.3, -0.25) is 9.59 Å². The summed E-state index contributed by atoms with van der Waals surface area (Å²) in [6.07, 6.45) is 0.379. The molecule has 1 aliphatic heterocycles. The van der Waals surface area contributed by atoms with Crippen molar-refractivity contribution in [3.8, 4) is 0 Å². The predicted molar refractivity (Wildman–Crippen MR) is 67.7 cm³/mol. The maximum atomic E-state index is 13.8. The average molecular weight is 286 g/mol. The molecule has 2 atom stereocenters. The molecule has 1 aromatic carbocycles. The van der Waals surface area contributed by atoms with Crippen LogP contribution in [0.5, 0.6) is 0 Å². The van der Waals surface area contributed by atoms with Gasteiger partial charge < -0.3 is 10.0 Å². The van der Waals surface area contributed by atoms with Crippen LogP contribution in [0, 0.1) is 11.7 Å². The normalized spacial score (nSPS) is 22.6. The van der Waals surface area contributed by atoms with Crippen LogP contribution in [0.15, 0.2) is 18.2 Å². The van der Waals surface area contributed by atoms with E-state index in [2.05, 4.69) is 0 Å². The number of amides is 1. The zero-order valence-electron chi connectivity index (χ0n) is 10.3. The average Bonchev–Trinajstić information content (AvgIpc) is 2.74. The molecule has 4 nitrogen and oxygen atoms in total. The minimum Gasteiger partial charge on any atom is -0.481 e. The third kappa shape index (κ3) is 2.42. The van der Waals surface area contributed by atoms with Crippen molar-refractivity contribution in [2.75, 3.05) is 6.54 Å². The Balaban J connectivity index is 2.26. The summed E-state index contributed by atoms with van der Waals surface area (Å²) in [7, 11) is 0. The monoisotopic (exact) mass is 285 g/mol. The quantitative estimate of drug-likeness (QED) is 0.908. The molecule has 0 aliphatic carbocycles. The SMILES string of the molecule is CC1C(C(=O)O)CCN1C(=O)c1cccc(Cl)c1F. The van der Waals surface area contributed by atoms with Gasteiger partial charge in [0.05, 0.1) is 16.5 Å². The maximum Gasteiger partial charge on any atom is 0.308 e. The summed E-state index contributed by atoms with van der Waals surface area (Å²) in [6, 6.07) is 3.75. The van der Waals surface area contributed by atoms with Gasteiger partial charge in [-0.2, -0.15) is 0 Å². The van der Waals surface area contributed by atoms with Crippen LogP contribution in [0.1, 0.15) is 23.7 Å². The largest absolute Gasteiger partial charge is 0.481 e. The van der Waals surface area contributed by atoms with E-state index in [1.807, 2.05) is 0 Å². The molecule has 1 fully saturated rings. The molecule has 0 bridgehead atoms. The first-order valence-corrected chi connectivity index (χ1v) is 6.29. The number of hydrogen-bond donors (Lipinski definition) is 1. The summed E-state index contributed by atoms with van der Waals surface area (Å²) in [5.74, 6) is -2.82. The number of likely N-dealkylation sites (tertiary alicyclic amines) is 1. The number of carboxylic acids is 1. The Bertz CT molecular complexity index is 535. The Morgan fingerprint density at radius 2 is 2.16 bits per heavy atom. The van der Waals surface area contributed by atoms with Gasteiger partial charge in [0, 0.05) is 12.6 Å². The lowest BCUT2D eigenvalue weighted by atomic mass is 10.0. The van der Waals surface area contributed by atoms with Crippen LogP contribution in [0.2, 0.25) is 5.02 Å². The van der Waals surface area contributed by atoms with Gasteiger partial charge in [0.15, 0.2) is 5.82 Å². The topological polar surface area (TPSA) is 57.6 Å². The lowest BCUT2D eigenvalue weighted by Gasteiger charge is -2.23. The van der Waals surface area contributed by atoms with Gasteiger partial charge in [-0.25, -0.2) is 4.39 Å². The Morgan fingerprint density at radius 1 is 1.47 bits per heavy atom. The van der Waals surface area contributed by atoms with E-state index in [1.165, 1.54) is 23.1 Å². The van der Waals surface area contributed by atoms with E-state index in [4.69, 9.17) is 16.7 Å². The highest BCUT2D eigenvalue weighted by Crippen LogP contribution is 2.27. The number of hydrogen-bond acceptors (Lipinski definition) is 2. The van der Waals surface area contributed by atoms with Crippen molar-refractivity contribution in [2.24, 2.45) is 5.92 Å². The summed E-state index contributed by atoms with van der Waals surface area (Å²) < 4.78 is 13.8. The van der Waals surface area contributed by atoms with E-state index in [1.54, 1.807) is 6.92 Å². The number of carbonyl (C=O) groups excluding carboxylic acids is 1. The molecule has 102 valence electrons. The zero-order chi connectivity index (χ0) is 14.2. The van der Waals surface area contributed by atoms with E-state index in [9.17, 15) is 14.0 Å². The summed E-state index contributed by atoms with van der Waals surface area (Å²) >= 11 is 5.64. The number of carboxylic acid groups (broad SMARTS) is 1. The third-order valence-corrected chi connectivity index (χ3v) is 3.81. The van der Waals surface area contributed by atoms with E-state index >= 15 is 0 Å². The van der Waals surface area contributed by atoms with Crippen LogP contribution in [0.4, 0.5) is 4.39 Å². The first kappa shape index (κ1) is 13.8. The van der Waals surface area contributed by atoms with Gasteiger partial charge in [-0.1, -0.05) is 17.7 Å². The minimum atomic E-state index is -0.936. The summed E-state index contributed by atoms with van der Waals surface area (Å²) in [6.45, 7) is 1.97. The molecule has 2 rings (SSSR count). The third-order valence-electron chi connectivity index (χ3n) is 3.52. The second-order valence-corrected chi connectivity index (χ2v) is 4.98. The van der Waals surface area contributed by atoms with Crippen molar-refractivity contribution in [3.05, 3.63) is 34.6 Å². The number of halogens is 2. The zero-order valence-corrected chi connectivity index (χ0v) is 11.0. The highest BCUT2D eigenvalue weighted by molar-refractivity contribution is 6.31. The van der Waals surface area contributed by atoms with Gasteiger partial charge in [0.2, 0.25) is 0 Å². The summed E-state index contributed by atoms with van der Waals surface area (Å²) in [4.78, 5) is 24.6. The van der Waals surface area contributed by atoms with Gasteiger partial charge in [-0.15, -0.1) is 0 Å². The molecule has 1 N–H and O–H groups in total. The Labute approximate surface area is 114 Å². The lowest BCUT2D eigenvalue weighted by Crippen LogP contribution is -2.38. The van der Waals surface area contributed by atoms with Crippen molar-refractivity contribution in [1.82, 2.24) is 4.90 Å². The summed E-state index contributed by atoms with van der Waals surface area (Å²) in [5, 5.41) is 8.90. The Morgan fingerprint density at radius 3 is 2.74 bits per heavy atom. The number of nitrogens with zero attached hydrogens (tertiary/aromatic N) is 1. The standard InChI is InChI=1S/C13H13ClFNO3/c1-7-8(13(18)19)5-6-16(7)12(17)9-3-2-4-10(14)11(9)15/h2-4,7-8H,5-6H2,1H3,(H,18,19). The molecular weight excluding hydrogens is 273 g/mol. The van der Waals surface area contributed by atoms with Gasteiger partial charge in [-0.05, 0) is 25.5 Å². The number of aliphatic carboxylic acids is 1. The van der Waals surface area contributed by atoms with E-state index in [0.29, 0.717) is 13.0 Å². The number of rotatable bonds is 2. The molecule has 2 unspecified atom stereocenters. The molecule has 19 heavy (non-hydrogen) atoms. The Hall–Kier alpha value is -1.62. The maximum absolute atomic E-state index is 13.8. The van der Waals surface area contributed by atoms with Crippen molar-refractivity contribution in [1.29, 1.82) is 0 Å². The van der Waals surface area contributed by atoms with Crippen LogP contribution in [0.3, 0.4) is 0 Å². The highest BCUT2D eigenvalue weighted by Gasteiger charge is 2.39. The molecular formula is C13H13ClFNO3. The molecule has 0 spiro atoms. The van der Waals surface area contributed by atoms with Crippen LogP contribution >= 0.6 is 11.6 Å². The Kier molecular flexibility index (Phi) is 3.75. The van der Waals surface area contributed by atoms with Gasteiger partial charge in [0.25, 0.3) is 5.91 Å². The van der Waals surface area contributed by atoms with Crippen molar-refractivity contribution in [3.63, 3.8) is 0 Å². The smallest absolute Gasteiger partial charge is 0.308 e. The van der Waals surface area contributed by atoms with Gasteiger partial charge >= 0.3 is 5.97 Å². The summed E-state index contributed by atoms with van der Waals surface area (Å²) in [5.41, 5.74) is -0.120. The lowest BCUT2D eigenvalue weighted by molar-refractivity contribution is -0.142. The molecule has 0 aromatic heterocycles. The highest BCUT2D eigenvalue weighted by atomic mass is 35.5. The van der Waals surface area contributed by atoms with Crippen LogP contribution in [0.25, 0.3) is 0 Å². The molecule has 1 aromatic rings. The predicted octanol–water partition coefficient (Wildman–Crippen LogP) is 2.41. The van der Waals surface area contributed by atoms with E-state index in [-0.39, 0.29) is 10.6 Å². The fraction of sp³-hybridized carbons (Fsp3) is 0.385. The first-order chi connectivity index (χ1) is 8.93. The van der Waals surface area contributed by atoms with Crippen LogP contribution < -0.4 is 0 Å². The van der Waals surface area contributed by atoms with Gasteiger partial charge in [0.1, 0.15) is 0 Å². The van der Waals surface area contributed by atoms with E-state index in [0.717, 1.165) is 0 Å². The van der Waals surface area contributed by atoms with Crippen LogP contribution in [-0.2, 0) is 4.79 Å². The second kappa shape index (κ2) is 5.17. The van der Waals surface area contributed by atoms with Crippen molar-refractivity contribution >= 4 is 23.5 Å². The first-order valence-electron chi connectivity index (χ1n) is 5.91. The van der Waals surface area contributed by atoms with Crippen LogP contribution in [-0.4, -0.2) is 34.5 Å². The molecule has 1 amide bonds. The fourth-order valence-electron chi connectivity index (χ4n) is 2.38. The number of carbonyl (C=O) groups is 2. The van der Waals surface area contributed by atoms with Crippen molar-refractivity contribution < 1.29 is 19.1 Å². The second-order valence-electron chi connectivity index (χ2n) is 4.57. The van der Waals surface area contributed by atoms with E-state index < -0.39 is 29.7 Å². The molecule has 1 aliphatic rings. The molecule has 6 heteroatoms. The molecule has 1 heterocycles. The minimum absolute atomic E-state index is 0.118. The molecule has 1 saturated heterocycles. The molecule has 0 saturated carbocycles. The fourth-order valence-corrected chi connectivity index (χ4v) is 2.55.